The third-order valence-corrected chi connectivity index (χ3v) is 6.49. The van der Waals surface area contributed by atoms with Gasteiger partial charge in [-0.3, -0.25) is 14.4 Å². The van der Waals surface area contributed by atoms with Crippen molar-refractivity contribution >= 4 is 28.8 Å². The highest BCUT2D eigenvalue weighted by Crippen LogP contribution is 2.12. The summed E-state index contributed by atoms with van der Waals surface area (Å²) in [7, 11) is 0. The predicted octanol–water partition coefficient (Wildman–Crippen LogP) is 9.37. The van der Waals surface area contributed by atoms with E-state index in [-0.39, 0.29) is 0 Å². The summed E-state index contributed by atoms with van der Waals surface area (Å²) in [5.41, 5.74) is 1.28. The van der Waals surface area contributed by atoms with Gasteiger partial charge in [-0.1, -0.05) is 110 Å². The van der Waals surface area contributed by atoms with Crippen LogP contribution in [0.3, 0.4) is 0 Å². The molecule has 3 N–H and O–H groups in total. The van der Waals surface area contributed by atoms with Crippen molar-refractivity contribution in [3.8, 4) is 0 Å². The standard InChI is InChI=1S/C17H30O3.C12H24O3.C4H5ClO/c1-15(2)16(3)20-14-12-10-8-6-4-5-7-9-11-13-17(18)19;13-11-9-7-5-3-1-2-4-6-8-10-12(14)15;1-3(2)4(5)6/h1,3-14H2,2H3,(H,18,19);13H,1-11H2,(H,14,15);1H2,2H3. The largest absolute Gasteiger partial charge is 0.494 e. The van der Waals surface area contributed by atoms with Gasteiger partial charge in [0.05, 0.1) is 6.61 Å². The lowest BCUT2D eigenvalue weighted by molar-refractivity contribution is -0.138. The number of aliphatic hydroxyl groups excluding tert-OH is 1. The van der Waals surface area contributed by atoms with Gasteiger partial charge in [0.25, 0.3) is 0 Å². The van der Waals surface area contributed by atoms with Gasteiger partial charge in [-0.05, 0) is 56.7 Å². The maximum absolute atomic E-state index is 10.3. The first kappa shape index (κ1) is 43.3. The SMILES string of the molecule is C=C(C)C(=C)OCCCCCCCCCCCC(=O)O.C=C(C)C(=O)Cl.O=C(O)CCCCCCCCCCCO. The molecule has 0 spiro atoms. The van der Waals surface area contributed by atoms with Crippen LogP contribution in [0.4, 0.5) is 0 Å². The highest BCUT2D eigenvalue weighted by Gasteiger charge is 1.99. The van der Waals surface area contributed by atoms with Crippen LogP contribution < -0.4 is 0 Å². The molecule has 41 heavy (non-hydrogen) atoms. The first-order valence-electron chi connectivity index (χ1n) is 15.3. The summed E-state index contributed by atoms with van der Waals surface area (Å²) in [6.07, 6.45) is 20.9. The molecule has 240 valence electrons. The Hall–Kier alpha value is -2.12. The van der Waals surface area contributed by atoms with Crippen molar-refractivity contribution in [2.75, 3.05) is 13.2 Å². The van der Waals surface area contributed by atoms with Crippen LogP contribution in [-0.4, -0.2) is 45.7 Å². The average Bonchev–Trinajstić information content (AvgIpc) is 2.90. The molecule has 0 bridgehead atoms. The average molecular weight is 603 g/mol. The van der Waals surface area contributed by atoms with Gasteiger partial charge in [0.15, 0.2) is 0 Å². The van der Waals surface area contributed by atoms with Crippen molar-refractivity contribution in [1.82, 2.24) is 0 Å². The topological polar surface area (TPSA) is 121 Å². The maximum atomic E-state index is 10.3. The van der Waals surface area contributed by atoms with Gasteiger partial charge in [-0.25, -0.2) is 0 Å². The van der Waals surface area contributed by atoms with Gasteiger partial charge in [0, 0.05) is 25.0 Å². The lowest BCUT2D eigenvalue weighted by atomic mass is 10.1. The number of carboxylic acid groups (broad SMARTS) is 2. The number of rotatable bonds is 26. The fourth-order valence-corrected chi connectivity index (χ4v) is 3.56. The normalized spacial score (nSPS) is 9.95. The number of unbranched alkanes of at least 4 members (excludes halogenated alkanes) is 16. The Labute approximate surface area is 255 Å². The fraction of sp³-hybridized carbons (Fsp3) is 0.727. The zero-order chi connectivity index (χ0) is 31.7. The molecular formula is C33H59ClO7. The van der Waals surface area contributed by atoms with E-state index >= 15 is 0 Å². The molecule has 0 fully saturated rings. The van der Waals surface area contributed by atoms with E-state index in [1.54, 1.807) is 6.92 Å². The van der Waals surface area contributed by atoms with E-state index in [0.29, 0.717) is 30.8 Å². The summed E-state index contributed by atoms with van der Waals surface area (Å²) < 4.78 is 5.45. The van der Waals surface area contributed by atoms with Crippen LogP contribution in [0.25, 0.3) is 0 Å². The predicted molar refractivity (Wildman–Crippen MR) is 170 cm³/mol. The lowest BCUT2D eigenvalue weighted by Gasteiger charge is -2.08. The number of hydrogen-bond donors (Lipinski definition) is 3. The zero-order valence-corrected chi connectivity index (χ0v) is 26.8. The van der Waals surface area contributed by atoms with E-state index in [0.717, 1.165) is 70.0 Å². The Kier molecular flexibility index (Phi) is 36.0. The molecule has 0 aliphatic rings. The van der Waals surface area contributed by atoms with Crippen molar-refractivity contribution < 1.29 is 34.4 Å². The van der Waals surface area contributed by atoms with Gasteiger partial charge >= 0.3 is 11.9 Å². The molecule has 0 aliphatic carbocycles. The summed E-state index contributed by atoms with van der Waals surface area (Å²) in [6, 6.07) is 0. The summed E-state index contributed by atoms with van der Waals surface area (Å²) in [6.45, 7) is 15.4. The Bertz CT molecular complexity index is 692. The molecule has 0 aromatic heterocycles. The molecule has 0 aliphatic heterocycles. The number of aliphatic hydroxyl groups is 1. The minimum atomic E-state index is -0.681. The van der Waals surface area contributed by atoms with Gasteiger partial charge in [0.2, 0.25) is 5.24 Å². The quantitative estimate of drug-likeness (QED) is 0.0296. The second-order valence-electron chi connectivity index (χ2n) is 10.5. The van der Waals surface area contributed by atoms with Gasteiger partial charge in [-0.15, -0.1) is 0 Å². The Balaban J connectivity index is -0.000000603. The number of halogens is 1. The molecule has 0 atom stereocenters. The molecule has 0 unspecified atom stereocenters. The van der Waals surface area contributed by atoms with Crippen LogP contribution >= 0.6 is 11.6 Å². The molecule has 0 amide bonds. The number of hydrogen-bond acceptors (Lipinski definition) is 5. The Morgan fingerprint density at radius 1 is 0.561 bits per heavy atom. The highest BCUT2D eigenvalue weighted by atomic mass is 35.5. The van der Waals surface area contributed by atoms with Crippen LogP contribution in [0.5, 0.6) is 0 Å². The van der Waals surface area contributed by atoms with E-state index < -0.39 is 17.2 Å². The highest BCUT2D eigenvalue weighted by molar-refractivity contribution is 6.67. The third-order valence-electron chi connectivity index (χ3n) is 6.17. The minimum absolute atomic E-state index is 0.315. The Morgan fingerprint density at radius 2 is 0.854 bits per heavy atom. The molecule has 0 aromatic carbocycles. The molecule has 7 nitrogen and oxygen atoms in total. The van der Waals surface area contributed by atoms with E-state index in [2.05, 4.69) is 19.7 Å². The second-order valence-corrected chi connectivity index (χ2v) is 10.8. The van der Waals surface area contributed by atoms with Crippen molar-refractivity contribution in [3.05, 3.63) is 36.6 Å². The molecule has 0 saturated carbocycles. The molecule has 0 aromatic rings. The van der Waals surface area contributed by atoms with Crippen molar-refractivity contribution in [1.29, 1.82) is 0 Å². The number of carbonyl (C=O) groups is 3. The monoisotopic (exact) mass is 602 g/mol. The second kappa shape index (κ2) is 34.1. The molecule has 8 heteroatoms. The summed E-state index contributed by atoms with van der Waals surface area (Å²) in [4.78, 5) is 30.3. The zero-order valence-electron chi connectivity index (χ0n) is 26.0. The number of allylic oxidation sites excluding steroid dienone is 2. The van der Waals surface area contributed by atoms with Gasteiger partial charge in [-0.2, -0.15) is 0 Å². The van der Waals surface area contributed by atoms with Gasteiger partial charge in [0.1, 0.15) is 5.76 Å². The third kappa shape index (κ3) is 45.1. The van der Waals surface area contributed by atoms with E-state index in [1.807, 2.05) is 6.92 Å². The summed E-state index contributed by atoms with van der Waals surface area (Å²) in [5.74, 6) is -0.660. The number of carboxylic acids is 2. The molecule has 0 radical (unpaired) electrons. The Morgan fingerprint density at radius 3 is 1.12 bits per heavy atom. The summed E-state index contributed by atoms with van der Waals surface area (Å²) >= 11 is 4.87. The minimum Gasteiger partial charge on any atom is -0.494 e. The molecule has 0 rings (SSSR count). The molecular weight excluding hydrogens is 544 g/mol. The smallest absolute Gasteiger partial charge is 0.303 e. The van der Waals surface area contributed by atoms with Crippen molar-refractivity contribution in [2.24, 2.45) is 0 Å². The van der Waals surface area contributed by atoms with Gasteiger partial charge < -0.3 is 20.1 Å². The number of carbonyl (C=O) groups excluding carboxylic acids is 1. The van der Waals surface area contributed by atoms with E-state index in [4.69, 9.17) is 31.7 Å². The van der Waals surface area contributed by atoms with Crippen LogP contribution in [0.1, 0.15) is 142 Å². The van der Waals surface area contributed by atoms with Crippen molar-refractivity contribution in [2.45, 2.75) is 142 Å². The van der Waals surface area contributed by atoms with Crippen molar-refractivity contribution in [3.63, 3.8) is 0 Å². The van der Waals surface area contributed by atoms with Crippen LogP contribution in [0, 0.1) is 0 Å². The fourth-order valence-electron chi connectivity index (χ4n) is 3.56. The maximum Gasteiger partial charge on any atom is 0.303 e. The van der Waals surface area contributed by atoms with Crippen LogP contribution in [0.15, 0.2) is 36.6 Å². The van der Waals surface area contributed by atoms with E-state index in [9.17, 15) is 14.4 Å². The van der Waals surface area contributed by atoms with Crippen LogP contribution in [0.2, 0.25) is 0 Å². The van der Waals surface area contributed by atoms with Crippen LogP contribution in [-0.2, 0) is 19.1 Å². The number of aliphatic carboxylic acids is 2. The molecule has 0 heterocycles. The first-order valence-corrected chi connectivity index (χ1v) is 15.7. The molecule has 0 saturated heterocycles. The number of ether oxygens (including phenoxy) is 1. The lowest BCUT2D eigenvalue weighted by Crippen LogP contribution is -1.95. The summed E-state index contributed by atoms with van der Waals surface area (Å²) in [5, 5.41) is 25.0. The van der Waals surface area contributed by atoms with E-state index in [1.165, 1.54) is 57.8 Å². The first-order chi connectivity index (χ1) is 19.4.